The highest BCUT2D eigenvalue weighted by Gasteiger charge is 2.33. The smallest absolute Gasteiger partial charge is 0.383 e. The summed E-state index contributed by atoms with van der Waals surface area (Å²) in [6, 6.07) is 3.09. The Morgan fingerprint density at radius 1 is 1.38 bits per heavy atom. The van der Waals surface area contributed by atoms with Gasteiger partial charge in [-0.05, 0) is 12.1 Å². The number of aromatic nitrogens is 2. The van der Waals surface area contributed by atoms with Gasteiger partial charge in [-0.1, -0.05) is 30.1 Å². The van der Waals surface area contributed by atoms with E-state index in [0.717, 1.165) is 4.68 Å². The summed E-state index contributed by atoms with van der Waals surface area (Å²) >= 11 is 11.8. The van der Waals surface area contributed by atoms with Gasteiger partial charge in [-0.3, -0.25) is 4.21 Å². The van der Waals surface area contributed by atoms with E-state index in [1.165, 1.54) is 0 Å². The molecule has 0 saturated heterocycles. The first-order valence-electron chi connectivity index (χ1n) is 6.35. The summed E-state index contributed by atoms with van der Waals surface area (Å²) in [5.41, 5.74) is 4.50. The summed E-state index contributed by atoms with van der Waals surface area (Å²) in [6.07, 6.45) is -4.63. The number of nitrogen functional groups attached to an aromatic ring is 1. The van der Waals surface area contributed by atoms with Crippen LogP contribution in [0.2, 0.25) is 10.0 Å². The van der Waals surface area contributed by atoms with Crippen molar-refractivity contribution in [2.75, 3.05) is 11.5 Å². The number of alkyl halides is 3. The monoisotopic (exact) mass is 396 g/mol. The van der Waals surface area contributed by atoms with E-state index in [1.807, 2.05) is 0 Å². The SMILES string of the molecule is CC[S@@](=O)c1c(C#N)nn(-c2c(Cl)cc(C(F)(F)F)cc2Cl)c1N. The lowest BCUT2D eigenvalue weighted by molar-refractivity contribution is -0.137. The Hall–Kier alpha value is -1.76. The first-order valence-corrected chi connectivity index (χ1v) is 8.42. The summed E-state index contributed by atoms with van der Waals surface area (Å²) in [5, 5.41) is 12.3. The van der Waals surface area contributed by atoms with E-state index in [1.54, 1.807) is 13.0 Å². The molecule has 0 aliphatic carbocycles. The standard InChI is InChI=1S/C13H9Cl2F3N4OS/c1-2-24(23)11-9(5-19)21-22(12(11)20)10-7(14)3-6(4-8(10)15)13(16,17)18/h3-4H,2,20H2,1H3/t24-/m1/s1. The van der Waals surface area contributed by atoms with Crippen molar-refractivity contribution >= 4 is 39.8 Å². The predicted octanol–water partition coefficient (Wildman–Crippen LogP) is 3.78. The van der Waals surface area contributed by atoms with Crippen molar-refractivity contribution in [3.05, 3.63) is 33.4 Å². The van der Waals surface area contributed by atoms with E-state index in [4.69, 9.17) is 34.2 Å². The fourth-order valence-corrected chi connectivity index (χ4v) is 3.52. The van der Waals surface area contributed by atoms with E-state index in [0.29, 0.717) is 12.1 Å². The Balaban J connectivity index is 2.73. The van der Waals surface area contributed by atoms with Crippen LogP contribution in [0.4, 0.5) is 19.0 Å². The number of nitriles is 1. The summed E-state index contributed by atoms with van der Waals surface area (Å²) in [4.78, 5) is -0.00738. The van der Waals surface area contributed by atoms with Crippen LogP contribution in [-0.4, -0.2) is 19.7 Å². The minimum atomic E-state index is -4.63. The molecule has 1 aromatic carbocycles. The van der Waals surface area contributed by atoms with Gasteiger partial charge in [-0.25, -0.2) is 4.68 Å². The molecule has 2 N–H and O–H groups in total. The lowest BCUT2D eigenvalue weighted by atomic mass is 10.2. The maximum atomic E-state index is 12.8. The number of nitrogens with two attached hydrogens (primary N) is 1. The Kier molecular flexibility index (Phi) is 5.13. The van der Waals surface area contributed by atoms with E-state index < -0.39 is 22.5 Å². The van der Waals surface area contributed by atoms with Gasteiger partial charge in [0.05, 0.1) is 26.4 Å². The molecule has 0 aliphatic heterocycles. The second kappa shape index (κ2) is 6.63. The van der Waals surface area contributed by atoms with Crippen LogP contribution in [0, 0.1) is 11.3 Å². The molecular weight excluding hydrogens is 388 g/mol. The molecule has 128 valence electrons. The third-order valence-electron chi connectivity index (χ3n) is 3.03. The first-order chi connectivity index (χ1) is 11.1. The number of rotatable bonds is 3. The quantitative estimate of drug-likeness (QED) is 0.855. The zero-order chi connectivity index (χ0) is 18.2. The van der Waals surface area contributed by atoms with Crippen molar-refractivity contribution in [2.45, 2.75) is 18.0 Å². The highest BCUT2D eigenvalue weighted by atomic mass is 35.5. The molecule has 24 heavy (non-hydrogen) atoms. The van der Waals surface area contributed by atoms with Crippen molar-refractivity contribution in [3.63, 3.8) is 0 Å². The summed E-state index contributed by atoms with van der Waals surface area (Å²) in [7, 11) is -1.60. The molecule has 0 spiro atoms. The topological polar surface area (TPSA) is 84.7 Å². The molecule has 0 fully saturated rings. The van der Waals surface area contributed by atoms with Gasteiger partial charge in [0.1, 0.15) is 22.5 Å². The van der Waals surface area contributed by atoms with E-state index in [-0.39, 0.29) is 37.9 Å². The largest absolute Gasteiger partial charge is 0.416 e. The number of nitrogens with zero attached hydrogens (tertiary/aromatic N) is 3. The van der Waals surface area contributed by atoms with Crippen LogP contribution < -0.4 is 5.73 Å². The molecule has 0 saturated carbocycles. The minimum absolute atomic E-state index is 0.00738. The zero-order valence-corrected chi connectivity index (χ0v) is 14.3. The normalized spacial score (nSPS) is 12.9. The second-order valence-electron chi connectivity index (χ2n) is 4.51. The highest BCUT2D eigenvalue weighted by molar-refractivity contribution is 7.85. The number of halogens is 5. The van der Waals surface area contributed by atoms with Crippen molar-refractivity contribution < 1.29 is 17.4 Å². The molecule has 1 aromatic heterocycles. The highest BCUT2D eigenvalue weighted by Crippen LogP contribution is 2.39. The number of hydrogen-bond donors (Lipinski definition) is 1. The van der Waals surface area contributed by atoms with Crippen molar-refractivity contribution in [3.8, 4) is 11.8 Å². The molecule has 2 rings (SSSR count). The van der Waals surface area contributed by atoms with Crippen LogP contribution >= 0.6 is 23.2 Å². The van der Waals surface area contributed by atoms with Crippen LogP contribution in [0.5, 0.6) is 0 Å². The van der Waals surface area contributed by atoms with Gasteiger partial charge < -0.3 is 5.73 Å². The molecule has 0 aliphatic rings. The first kappa shape index (κ1) is 18.6. The summed E-state index contributed by atoms with van der Waals surface area (Å²) in [6.45, 7) is 1.62. The molecule has 5 nitrogen and oxygen atoms in total. The fourth-order valence-electron chi connectivity index (χ4n) is 1.96. The van der Waals surface area contributed by atoms with Gasteiger partial charge in [0, 0.05) is 5.75 Å². The molecule has 0 bridgehead atoms. The maximum Gasteiger partial charge on any atom is 0.416 e. The van der Waals surface area contributed by atoms with Gasteiger partial charge in [0.2, 0.25) is 0 Å². The predicted molar refractivity (Wildman–Crippen MR) is 84.7 cm³/mol. The van der Waals surface area contributed by atoms with Gasteiger partial charge in [-0.2, -0.15) is 23.5 Å². The fraction of sp³-hybridized carbons (Fsp3) is 0.231. The van der Waals surface area contributed by atoms with Crippen LogP contribution in [0.1, 0.15) is 18.2 Å². The van der Waals surface area contributed by atoms with Crippen LogP contribution in [0.25, 0.3) is 5.69 Å². The van der Waals surface area contributed by atoms with E-state index >= 15 is 0 Å². The number of benzene rings is 1. The van der Waals surface area contributed by atoms with Crippen LogP contribution in [0.15, 0.2) is 17.0 Å². The average Bonchev–Trinajstić information content (AvgIpc) is 2.81. The molecule has 11 heteroatoms. The molecule has 0 radical (unpaired) electrons. The molecule has 1 atom stereocenters. The summed E-state index contributed by atoms with van der Waals surface area (Å²) < 4.78 is 51.3. The Morgan fingerprint density at radius 2 is 1.92 bits per heavy atom. The molecule has 0 unspecified atom stereocenters. The van der Waals surface area contributed by atoms with Crippen molar-refractivity contribution in [1.82, 2.24) is 9.78 Å². The second-order valence-corrected chi connectivity index (χ2v) is 7.00. The van der Waals surface area contributed by atoms with E-state index in [9.17, 15) is 17.4 Å². The summed E-state index contributed by atoms with van der Waals surface area (Å²) in [5.74, 6) is 0.00859. The maximum absolute atomic E-state index is 12.8. The lowest BCUT2D eigenvalue weighted by Gasteiger charge is -2.13. The molecule has 2 aromatic rings. The van der Waals surface area contributed by atoms with Gasteiger partial charge in [0.15, 0.2) is 5.69 Å². The number of hydrogen-bond acceptors (Lipinski definition) is 4. The van der Waals surface area contributed by atoms with Crippen LogP contribution in [0.3, 0.4) is 0 Å². The Labute approximate surface area is 147 Å². The third-order valence-corrected chi connectivity index (χ3v) is 4.99. The lowest BCUT2D eigenvalue weighted by Crippen LogP contribution is -2.09. The Morgan fingerprint density at radius 3 is 2.33 bits per heavy atom. The molecule has 1 heterocycles. The Bertz CT molecular complexity index is 850. The molecular formula is C13H9Cl2F3N4OS. The van der Waals surface area contributed by atoms with Crippen molar-refractivity contribution in [1.29, 1.82) is 5.26 Å². The van der Waals surface area contributed by atoms with Gasteiger partial charge in [0.25, 0.3) is 0 Å². The van der Waals surface area contributed by atoms with E-state index in [2.05, 4.69) is 5.10 Å². The minimum Gasteiger partial charge on any atom is -0.383 e. The number of anilines is 1. The van der Waals surface area contributed by atoms with Gasteiger partial charge in [-0.15, -0.1) is 0 Å². The average molecular weight is 397 g/mol. The van der Waals surface area contributed by atoms with Crippen LogP contribution in [-0.2, 0) is 17.0 Å². The third kappa shape index (κ3) is 3.22. The zero-order valence-electron chi connectivity index (χ0n) is 12.0. The van der Waals surface area contributed by atoms with Crippen molar-refractivity contribution in [2.24, 2.45) is 0 Å². The van der Waals surface area contributed by atoms with Gasteiger partial charge >= 0.3 is 6.18 Å². The molecule has 0 amide bonds.